The third-order valence-electron chi connectivity index (χ3n) is 5.59. The van der Waals surface area contributed by atoms with Crippen molar-refractivity contribution in [1.29, 1.82) is 0 Å². The average Bonchev–Trinajstić information content (AvgIpc) is 2.79. The van der Waals surface area contributed by atoms with Gasteiger partial charge in [-0.1, -0.05) is 12.1 Å². The minimum atomic E-state index is -1.19. The first-order valence-corrected chi connectivity index (χ1v) is 10.4. The summed E-state index contributed by atoms with van der Waals surface area (Å²) in [4.78, 5) is 0. The van der Waals surface area contributed by atoms with E-state index in [-0.39, 0.29) is 39.3 Å². The minimum absolute atomic E-state index is 0.0903. The number of aliphatic hydroxyl groups excluding tert-OH is 5. The first-order chi connectivity index (χ1) is 15.0. The van der Waals surface area contributed by atoms with Crippen molar-refractivity contribution in [2.45, 2.75) is 61.7 Å². The summed E-state index contributed by atoms with van der Waals surface area (Å²) in [6, 6.07) is 6.72. The van der Waals surface area contributed by atoms with Crippen LogP contribution in [0.2, 0.25) is 0 Å². The van der Waals surface area contributed by atoms with E-state index in [1.54, 1.807) is 24.3 Å². The van der Waals surface area contributed by atoms with Gasteiger partial charge in [-0.3, -0.25) is 0 Å². The lowest BCUT2D eigenvalue weighted by atomic mass is 9.92. The average molecular weight is 446 g/mol. The molecule has 2 saturated heterocycles. The van der Waals surface area contributed by atoms with Gasteiger partial charge in [0.2, 0.25) is 0 Å². The fourth-order valence-electron chi connectivity index (χ4n) is 3.95. The molecule has 0 amide bonds. The first-order valence-electron chi connectivity index (χ1n) is 10.4. The summed E-state index contributed by atoms with van der Waals surface area (Å²) in [6.07, 6.45) is -6.66. The Morgan fingerprint density at radius 3 is 2.45 bits per heavy atom. The summed E-state index contributed by atoms with van der Waals surface area (Å²) in [6.45, 7) is -1.42. The molecule has 0 aromatic heterocycles. The zero-order valence-corrected chi connectivity index (χ0v) is 17.1. The summed E-state index contributed by atoms with van der Waals surface area (Å²) >= 11 is 0. The Morgan fingerprint density at radius 2 is 1.74 bits per heavy atom. The van der Waals surface area contributed by atoms with Gasteiger partial charge in [0.25, 0.3) is 0 Å². The SMILES string of the molecule is OCC1CC(O)C(O)C(COC2CC(CO)OC(c3cccc(OCCF)c3)C2O)O1. The molecule has 9 nitrogen and oxygen atoms in total. The molecule has 176 valence electrons. The van der Waals surface area contributed by atoms with Crippen LogP contribution in [0.5, 0.6) is 5.75 Å². The predicted octanol–water partition coefficient (Wildman–Crippen LogP) is -0.525. The van der Waals surface area contributed by atoms with E-state index < -0.39 is 55.5 Å². The Balaban J connectivity index is 1.68. The molecule has 5 N–H and O–H groups in total. The van der Waals surface area contributed by atoms with E-state index in [0.29, 0.717) is 11.3 Å². The molecule has 8 unspecified atom stereocenters. The summed E-state index contributed by atoms with van der Waals surface area (Å²) in [7, 11) is 0. The fourth-order valence-corrected chi connectivity index (χ4v) is 3.95. The van der Waals surface area contributed by atoms with Crippen LogP contribution in [0.15, 0.2) is 24.3 Å². The van der Waals surface area contributed by atoms with Crippen molar-refractivity contribution in [3.63, 3.8) is 0 Å². The number of rotatable bonds is 9. The molecule has 0 aliphatic carbocycles. The summed E-state index contributed by atoms with van der Waals surface area (Å²) in [5.41, 5.74) is 0.584. The smallest absolute Gasteiger partial charge is 0.123 e. The van der Waals surface area contributed by atoms with Crippen LogP contribution >= 0.6 is 0 Å². The van der Waals surface area contributed by atoms with Crippen molar-refractivity contribution in [2.24, 2.45) is 0 Å². The number of hydrogen-bond acceptors (Lipinski definition) is 9. The molecule has 0 saturated carbocycles. The van der Waals surface area contributed by atoms with Crippen LogP contribution < -0.4 is 4.74 Å². The van der Waals surface area contributed by atoms with Gasteiger partial charge in [-0.05, 0) is 17.7 Å². The first kappa shape index (κ1) is 24.3. The van der Waals surface area contributed by atoms with E-state index in [1.807, 2.05) is 0 Å². The predicted molar refractivity (Wildman–Crippen MR) is 105 cm³/mol. The molecule has 0 radical (unpaired) electrons. The Morgan fingerprint density at radius 1 is 1.00 bits per heavy atom. The highest BCUT2D eigenvalue weighted by molar-refractivity contribution is 5.31. The van der Waals surface area contributed by atoms with Gasteiger partial charge in [-0.15, -0.1) is 0 Å². The van der Waals surface area contributed by atoms with Gasteiger partial charge in [-0.2, -0.15) is 0 Å². The van der Waals surface area contributed by atoms with Crippen LogP contribution in [0, 0.1) is 0 Å². The lowest BCUT2D eigenvalue weighted by molar-refractivity contribution is -0.226. The Hall–Kier alpha value is -1.37. The zero-order valence-electron chi connectivity index (χ0n) is 17.1. The maximum atomic E-state index is 12.4. The number of hydrogen-bond donors (Lipinski definition) is 5. The minimum Gasteiger partial charge on any atom is -0.491 e. The largest absolute Gasteiger partial charge is 0.491 e. The topological polar surface area (TPSA) is 138 Å². The second kappa shape index (κ2) is 11.5. The zero-order chi connectivity index (χ0) is 22.4. The number of benzene rings is 1. The molecule has 0 bridgehead atoms. The van der Waals surface area contributed by atoms with E-state index in [0.717, 1.165) is 0 Å². The second-order valence-electron chi connectivity index (χ2n) is 7.84. The quantitative estimate of drug-likeness (QED) is 0.339. The molecular weight excluding hydrogens is 415 g/mol. The molecule has 2 heterocycles. The van der Waals surface area contributed by atoms with Crippen molar-refractivity contribution < 1.29 is 48.9 Å². The normalized spacial score (nSPS) is 36.3. The summed E-state index contributed by atoms with van der Waals surface area (Å²) < 4.78 is 34.9. The highest BCUT2D eigenvalue weighted by atomic mass is 19.1. The van der Waals surface area contributed by atoms with Crippen molar-refractivity contribution in [1.82, 2.24) is 0 Å². The number of alkyl halides is 1. The maximum Gasteiger partial charge on any atom is 0.123 e. The molecule has 3 rings (SSSR count). The lowest BCUT2D eigenvalue weighted by Gasteiger charge is -2.41. The molecular formula is C21H31FO9. The standard InChI is InChI=1S/C21H31FO9/c22-4-5-28-13-3-1-2-12(6-13)21-20(27)17(8-15(10-24)31-21)29-11-18-19(26)16(25)7-14(9-23)30-18/h1-3,6,14-21,23-27H,4-5,7-11H2. The molecule has 2 aliphatic rings. The van der Waals surface area contributed by atoms with Crippen LogP contribution in [-0.2, 0) is 14.2 Å². The third kappa shape index (κ3) is 6.11. The monoisotopic (exact) mass is 446 g/mol. The van der Waals surface area contributed by atoms with Crippen molar-refractivity contribution in [2.75, 3.05) is 33.1 Å². The van der Waals surface area contributed by atoms with Crippen molar-refractivity contribution in [3.8, 4) is 5.75 Å². The third-order valence-corrected chi connectivity index (χ3v) is 5.59. The van der Waals surface area contributed by atoms with E-state index in [1.165, 1.54) is 0 Å². The van der Waals surface area contributed by atoms with Crippen LogP contribution in [0.3, 0.4) is 0 Å². The van der Waals surface area contributed by atoms with Gasteiger partial charge in [0.1, 0.15) is 43.4 Å². The molecule has 10 heteroatoms. The van der Waals surface area contributed by atoms with Gasteiger partial charge in [0.05, 0.1) is 44.2 Å². The molecule has 1 aromatic carbocycles. The highest BCUT2D eigenvalue weighted by Gasteiger charge is 2.41. The van der Waals surface area contributed by atoms with E-state index in [4.69, 9.17) is 18.9 Å². The Kier molecular flexibility index (Phi) is 8.99. The lowest BCUT2D eigenvalue weighted by Crippen LogP contribution is -2.53. The van der Waals surface area contributed by atoms with Crippen LogP contribution in [0.4, 0.5) is 4.39 Å². The van der Waals surface area contributed by atoms with E-state index in [2.05, 4.69) is 0 Å². The van der Waals surface area contributed by atoms with Gasteiger partial charge >= 0.3 is 0 Å². The van der Waals surface area contributed by atoms with Crippen molar-refractivity contribution >= 4 is 0 Å². The molecule has 8 atom stereocenters. The maximum absolute atomic E-state index is 12.4. The Bertz CT molecular complexity index is 678. The molecule has 2 aliphatic heterocycles. The molecule has 1 aromatic rings. The van der Waals surface area contributed by atoms with Crippen LogP contribution in [0.25, 0.3) is 0 Å². The van der Waals surface area contributed by atoms with Gasteiger partial charge in [0.15, 0.2) is 0 Å². The van der Waals surface area contributed by atoms with E-state index in [9.17, 15) is 29.9 Å². The molecule has 31 heavy (non-hydrogen) atoms. The fraction of sp³-hybridized carbons (Fsp3) is 0.714. The Labute approximate surface area is 179 Å². The van der Waals surface area contributed by atoms with Crippen LogP contribution in [-0.4, -0.2) is 101 Å². The summed E-state index contributed by atoms with van der Waals surface area (Å²) in [5.74, 6) is 0.428. The summed E-state index contributed by atoms with van der Waals surface area (Å²) in [5, 5.41) is 50.0. The molecule has 0 spiro atoms. The second-order valence-corrected chi connectivity index (χ2v) is 7.84. The molecule has 2 fully saturated rings. The highest BCUT2D eigenvalue weighted by Crippen LogP contribution is 2.35. The van der Waals surface area contributed by atoms with Gasteiger partial charge in [0, 0.05) is 12.8 Å². The van der Waals surface area contributed by atoms with Gasteiger partial charge in [-0.25, -0.2) is 4.39 Å². The van der Waals surface area contributed by atoms with Gasteiger partial charge < -0.3 is 44.5 Å². The number of ether oxygens (including phenoxy) is 4. The number of halogens is 1. The van der Waals surface area contributed by atoms with E-state index >= 15 is 0 Å². The van der Waals surface area contributed by atoms with Crippen LogP contribution in [0.1, 0.15) is 24.5 Å². The number of aliphatic hydroxyl groups is 5. The van der Waals surface area contributed by atoms with Crippen molar-refractivity contribution in [3.05, 3.63) is 29.8 Å².